The van der Waals surface area contributed by atoms with E-state index >= 15 is 0 Å². The van der Waals surface area contributed by atoms with Crippen LogP contribution in [0.4, 0.5) is 5.69 Å². The Morgan fingerprint density at radius 3 is 2.38 bits per heavy atom. The van der Waals surface area contributed by atoms with Crippen LogP contribution in [0, 0.1) is 5.92 Å². The van der Waals surface area contributed by atoms with Gasteiger partial charge in [-0.2, -0.15) is 0 Å². The third-order valence-electron chi connectivity index (χ3n) is 4.84. The molecule has 2 N–H and O–H groups in total. The van der Waals surface area contributed by atoms with Gasteiger partial charge in [-0.05, 0) is 31.9 Å². The first-order valence-electron chi connectivity index (χ1n) is 8.71. The van der Waals surface area contributed by atoms with E-state index < -0.39 is 0 Å². The number of methoxy groups -OCH3 is 2. The molecule has 2 heterocycles. The van der Waals surface area contributed by atoms with E-state index in [4.69, 9.17) is 9.47 Å². The average molecular weight is 384 g/mol. The van der Waals surface area contributed by atoms with E-state index in [1.54, 1.807) is 12.1 Å². The Morgan fingerprint density at radius 2 is 1.81 bits per heavy atom. The Hall–Kier alpha value is -1.99. The third kappa shape index (κ3) is 4.22. The Labute approximate surface area is 159 Å². The molecule has 2 saturated heterocycles. The number of anilines is 1. The summed E-state index contributed by atoms with van der Waals surface area (Å²) in [7, 11) is 3.07. The van der Waals surface area contributed by atoms with Gasteiger partial charge in [0.2, 0.25) is 5.91 Å². The van der Waals surface area contributed by atoms with Crippen molar-refractivity contribution in [2.75, 3.05) is 45.7 Å². The van der Waals surface area contributed by atoms with Crippen molar-refractivity contribution >= 4 is 29.9 Å². The number of carbonyl (C=O) groups excluding carboxylic acids is 2. The number of benzene rings is 1. The van der Waals surface area contributed by atoms with E-state index in [0.29, 0.717) is 29.3 Å². The molecule has 0 aliphatic carbocycles. The van der Waals surface area contributed by atoms with E-state index in [-0.39, 0.29) is 30.1 Å². The molecule has 26 heavy (non-hydrogen) atoms. The van der Waals surface area contributed by atoms with Crippen molar-refractivity contribution in [1.29, 1.82) is 0 Å². The first-order valence-corrected chi connectivity index (χ1v) is 8.71. The van der Waals surface area contributed by atoms with Crippen molar-refractivity contribution in [3.8, 4) is 11.5 Å². The van der Waals surface area contributed by atoms with Crippen molar-refractivity contribution in [1.82, 2.24) is 10.2 Å². The van der Waals surface area contributed by atoms with Crippen LogP contribution in [-0.2, 0) is 4.79 Å². The maximum atomic E-state index is 12.9. The Morgan fingerprint density at radius 1 is 1.15 bits per heavy atom. The standard InChI is InChI=1S/C18H25N3O4.ClH/c1-24-15-9-13(18(23)21-7-3-4-8-21)14(10-16(15)25-2)20-17(22)12-5-6-19-11-12;/h9-10,12,19H,3-8,11H2,1-2H3,(H,20,22);1H. The molecule has 0 aromatic heterocycles. The zero-order valence-electron chi connectivity index (χ0n) is 15.2. The van der Waals surface area contributed by atoms with Crippen molar-refractivity contribution in [3.05, 3.63) is 17.7 Å². The molecule has 1 atom stereocenters. The number of likely N-dealkylation sites (tertiary alicyclic amines) is 1. The second kappa shape index (κ2) is 9.09. The molecule has 2 fully saturated rings. The summed E-state index contributed by atoms with van der Waals surface area (Å²) in [5.41, 5.74) is 0.922. The topological polar surface area (TPSA) is 79.9 Å². The molecule has 0 radical (unpaired) electrons. The van der Waals surface area contributed by atoms with Crippen LogP contribution in [-0.4, -0.2) is 57.1 Å². The maximum absolute atomic E-state index is 12.9. The first-order chi connectivity index (χ1) is 12.1. The third-order valence-corrected chi connectivity index (χ3v) is 4.84. The van der Waals surface area contributed by atoms with E-state index in [2.05, 4.69) is 10.6 Å². The van der Waals surface area contributed by atoms with Gasteiger partial charge in [0.25, 0.3) is 5.91 Å². The molecule has 2 aliphatic rings. The molecular weight excluding hydrogens is 358 g/mol. The fourth-order valence-electron chi connectivity index (χ4n) is 3.36. The van der Waals surface area contributed by atoms with Gasteiger partial charge >= 0.3 is 0 Å². The van der Waals surface area contributed by atoms with Gasteiger partial charge in [0.05, 0.1) is 31.4 Å². The van der Waals surface area contributed by atoms with Crippen molar-refractivity contribution in [2.24, 2.45) is 5.92 Å². The van der Waals surface area contributed by atoms with Crippen molar-refractivity contribution in [3.63, 3.8) is 0 Å². The molecule has 144 valence electrons. The molecule has 7 nitrogen and oxygen atoms in total. The number of ether oxygens (including phenoxy) is 2. The number of amides is 2. The van der Waals surface area contributed by atoms with Crippen molar-refractivity contribution in [2.45, 2.75) is 19.3 Å². The lowest BCUT2D eigenvalue weighted by molar-refractivity contribution is -0.119. The van der Waals surface area contributed by atoms with Crippen LogP contribution in [0.1, 0.15) is 29.6 Å². The van der Waals surface area contributed by atoms with Gasteiger partial charge < -0.3 is 25.0 Å². The maximum Gasteiger partial charge on any atom is 0.256 e. The molecule has 2 amide bonds. The summed E-state index contributed by atoms with van der Waals surface area (Å²) in [6.07, 6.45) is 2.82. The van der Waals surface area contributed by atoms with E-state index in [1.807, 2.05) is 4.90 Å². The lowest BCUT2D eigenvalue weighted by Gasteiger charge is -2.20. The number of nitrogens with one attached hydrogen (secondary N) is 2. The van der Waals surface area contributed by atoms with Gasteiger partial charge in [0, 0.05) is 25.7 Å². The summed E-state index contributed by atoms with van der Waals surface area (Å²) >= 11 is 0. The van der Waals surface area contributed by atoms with Crippen LogP contribution in [0.25, 0.3) is 0 Å². The molecule has 3 rings (SSSR count). The van der Waals surface area contributed by atoms with Gasteiger partial charge in [0.1, 0.15) is 0 Å². The predicted octanol–water partition coefficient (Wildman–Crippen LogP) is 1.91. The lowest BCUT2D eigenvalue weighted by Crippen LogP contribution is -2.30. The monoisotopic (exact) mass is 383 g/mol. The first kappa shape index (κ1) is 20.3. The largest absolute Gasteiger partial charge is 0.493 e. The molecule has 0 saturated carbocycles. The summed E-state index contributed by atoms with van der Waals surface area (Å²) in [5.74, 6) is 0.722. The average Bonchev–Trinajstić information content (AvgIpc) is 3.34. The normalized spacial score (nSPS) is 19.0. The van der Waals surface area contributed by atoms with Crippen LogP contribution in [0.2, 0.25) is 0 Å². The highest BCUT2D eigenvalue weighted by atomic mass is 35.5. The number of nitrogens with zero attached hydrogens (tertiary/aromatic N) is 1. The zero-order chi connectivity index (χ0) is 17.8. The highest BCUT2D eigenvalue weighted by molar-refractivity contribution is 6.05. The van der Waals surface area contributed by atoms with Gasteiger partial charge in [-0.15, -0.1) is 12.4 Å². The second-order valence-corrected chi connectivity index (χ2v) is 6.43. The summed E-state index contributed by atoms with van der Waals surface area (Å²) in [6, 6.07) is 3.32. The van der Waals surface area contributed by atoms with Crippen LogP contribution in [0.5, 0.6) is 11.5 Å². The van der Waals surface area contributed by atoms with Gasteiger partial charge in [-0.3, -0.25) is 9.59 Å². The summed E-state index contributed by atoms with van der Waals surface area (Å²) in [6.45, 7) is 2.98. The Kier molecular flexibility index (Phi) is 7.11. The SMILES string of the molecule is COc1cc(NC(=O)C2CCNC2)c(C(=O)N2CCCC2)cc1OC.Cl. The number of hydrogen-bond donors (Lipinski definition) is 2. The van der Waals surface area contributed by atoms with Gasteiger partial charge in [-0.25, -0.2) is 0 Å². The molecule has 2 aliphatic heterocycles. The molecule has 1 aromatic carbocycles. The smallest absolute Gasteiger partial charge is 0.256 e. The van der Waals surface area contributed by atoms with Crippen LogP contribution >= 0.6 is 12.4 Å². The fourth-order valence-corrected chi connectivity index (χ4v) is 3.36. The summed E-state index contributed by atoms with van der Waals surface area (Å²) < 4.78 is 10.7. The molecule has 1 unspecified atom stereocenters. The van der Waals surface area contributed by atoms with Crippen LogP contribution in [0.3, 0.4) is 0 Å². The quantitative estimate of drug-likeness (QED) is 0.811. The summed E-state index contributed by atoms with van der Waals surface area (Å²) in [4.78, 5) is 27.2. The van der Waals surface area contributed by atoms with Crippen molar-refractivity contribution < 1.29 is 19.1 Å². The van der Waals surface area contributed by atoms with E-state index in [1.165, 1.54) is 14.2 Å². The van der Waals surface area contributed by atoms with Crippen LogP contribution in [0.15, 0.2) is 12.1 Å². The van der Waals surface area contributed by atoms with E-state index in [0.717, 1.165) is 38.9 Å². The minimum absolute atomic E-state index is 0. The molecule has 0 bridgehead atoms. The number of halogens is 1. The highest BCUT2D eigenvalue weighted by Crippen LogP contribution is 2.34. The predicted molar refractivity (Wildman–Crippen MR) is 102 cm³/mol. The number of hydrogen-bond acceptors (Lipinski definition) is 5. The Balaban J connectivity index is 0.00000243. The van der Waals surface area contributed by atoms with Gasteiger partial charge in [-0.1, -0.05) is 0 Å². The lowest BCUT2D eigenvalue weighted by atomic mass is 10.1. The minimum atomic E-state index is -0.0849. The number of rotatable bonds is 5. The molecule has 1 aromatic rings. The number of carbonyl (C=O) groups is 2. The molecule has 0 spiro atoms. The molecule has 8 heteroatoms. The van der Waals surface area contributed by atoms with Gasteiger partial charge in [0.15, 0.2) is 11.5 Å². The second-order valence-electron chi connectivity index (χ2n) is 6.43. The minimum Gasteiger partial charge on any atom is -0.493 e. The molecular formula is C18H26ClN3O4. The van der Waals surface area contributed by atoms with Crippen LogP contribution < -0.4 is 20.1 Å². The highest BCUT2D eigenvalue weighted by Gasteiger charge is 2.27. The summed E-state index contributed by atoms with van der Waals surface area (Å²) in [5, 5.41) is 6.10. The Bertz CT molecular complexity index is 656. The zero-order valence-corrected chi connectivity index (χ0v) is 16.0. The van der Waals surface area contributed by atoms with E-state index in [9.17, 15) is 9.59 Å². The fraction of sp³-hybridized carbons (Fsp3) is 0.556.